The summed E-state index contributed by atoms with van der Waals surface area (Å²) in [5, 5.41) is 2.84. The van der Waals surface area contributed by atoms with Crippen LogP contribution in [0.3, 0.4) is 0 Å². The number of pyridine rings is 1. The van der Waals surface area contributed by atoms with Crippen LogP contribution in [0.1, 0.15) is 59.7 Å². The minimum absolute atomic E-state index is 0.169. The Kier molecular flexibility index (Phi) is 6.69. The minimum atomic E-state index is -0.230. The summed E-state index contributed by atoms with van der Waals surface area (Å²) < 4.78 is 2.04. The zero-order valence-corrected chi connectivity index (χ0v) is 21.2. The molecule has 0 spiro atoms. The number of likely N-dealkylation sites (tertiary alicyclic amines) is 1. The van der Waals surface area contributed by atoms with Crippen LogP contribution in [0.15, 0.2) is 55.0 Å². The van der Waals surface area contributed by atoms with Gasteiger partial charge in [0.1, 0.15) is 11.6 Å². The third-order valence-electron chi connectivity index (χ3n) is 6.64. The lowest BCUT2D eigenvalue weighted by Gasteiger charge is -2.33. The molecule has 1 aliphatic rings. The van der Waals surface area contributed by atoms with Crippen molar-refractivity contribution in [3.05, 3.63) is 77.6 Å². The summed E-state index contributed by atoms with van der Waals surface area (Å²) in [7, 11) is 0. The van der Waals surface area contributed by atoms with Crippen molar-refractivity contribution in [2.75, 3.05) is 11.9 Å². The lowest BCUT2D eigenvalue weighted by atomic mass is 10.0. The zero-order valence-electron chi connectivity index (χ0n) is 21.2. The standard InChI is InChI=1S/C29H28N6O2/c1-4-7-25(36)34-16-6-5-8-23(34)28-33-26(27-20(3)30-15-17-35(27)28)21-9-11-22(12-10-21)29(37)32-24-18-19(2)13-14-31-24/h9-15,17-18,23H,5-6,8,16H2,1-3H3,(H,31,32,37)/t23-/m0/s1. The number of piperidine rings is 1. The number of carbonyl (C=O) groups is 2. The van der Waals surface area contributed by atoms with E-state index in [9.17, 15) is 9.59 Å². The van der Waals surface area contributed by atoms with E-state index in [4.69, 9.17) is 4.98 Å². The first-order valence-electron chi connectivity index (χ1n) is 12.4. The van der Waals surface area contributed by atoms with E-state index in [0.29, 0.717) is 17.9 Å². The fourth-order valence-electron chi connectivity index (χ4n) is 4.85. The lowest BCUT2D eigenvalue weighted by molar-refractivity contribution is -0.129. The van der Waals surface area contributed by atoms with Crippen molar-refractivity contribution in [3.8, 4) is 23.1 Å². The molecule has 8 nitrogen and oxygen atoms in total. The van der Waals surface area contributed by atoms with Gasteiger partial charge in [-0.3, -0.25) is 19.0 Å². The smallest absolute Gasteiger partial charge is 0.299 e. The van der Waals surface area contributed by atoms with E-state index in [1.54, 1.807) is 31.5 Å². The minimum Gasteiger partial charge on any atom is -0.322 e. The number of benzene rings is 1. The second-order valence-corrected chi connectivity index (χ2v) is 9.18. The van der Waals surface area contributed by atoms with Crippen LogP contribution in [-0.4, -0.2) is 42.6 Å². The molecular weight excluding hydrogens is 464 g/mol. The van der Waals surface area contributed by atoms with Crippen LogP contribution in [0, 0.1) is 25.7 Å². The number of fused-ring (bicyclic) bond motifs is 1. The fourth-order valence-corrected chi connectivity index (χ4v) is 4.85. The van der Waals surface area contributed by atoms with Crippen LogP contribution in [-0.2, 0) is 4.79 Å². The van der Waals surface area contributed by atoms with E-state index in [-0.39, 0.29) is 17.9 Å². The number of hydrogen-bond acceptors (Lipinski definition) is 5. The molecule has 186 valence electrons. The predicted octanol–water partition coefficient (Wildman–Crippen LogP) is 4.74. The summed E-state index contributed by atoms with van der Waals surface area (Å²) in [6.07, 6.45) is 8.11. The third kappa shape index (κ3) is 4.81. The number of carbonyl (C=O) groups excluding carboxylic acids is 2. The van der Waals surface area contributed by atoms with Crippen molar-refractivity contribution in [2.24, 2.45) is 0 Å². The Hall–Kier alpha value is -4.51. The predicted molar refractivity (Wildman–Crippen MR) is 142 cm³/mol. The van der Waals surface area contributed by atoms with Gasteiger partial charge < -0.3 is 10.2 Å². The van der Waals surface area contributed by atoms with Gasteiger partial charge >= 0.3 is 0 Å². The maximum atomic E-state index is 12.8. The van der Waals surface area contributed by atoms with Crippen molar-refractivity contribution in [1.29, 1.82) is 0 Å². The number of rotatable bonds is 4. The fraction of sp³-hybridized carbons (Fsp3) is 0.276. The molecule has 5 rings (SSSR count). The molecule has 1 fully saturated rings. The van der Waals surface area contributed by atoms with Crippen molar-refractivity contribution < 1.29 is 9.59 Å². The molecule has 1 aromatic carbocycles. The number of imidazole rings is 1. The summed E-state index contributed by atoms with van der Waals surface area (Å²) in [6.45, 7) is 6.24. The molecule has 1 saturated heterocycles. The number of aromatic nitrogens is 4. The first-order chi connectivity index (χ1) is 18.0. The maximum absolute atomic E-state index is 12.8. The molecule has 3 aromatic heterocycles. The molecule has 2 amide bonds. The number of anilines is 1. The Morgan fingerprint density at radius 3 is 2.62 bits per heavy atom. The highest BCUT2D eigenvalue weighted by atomic mass is 16.2. The molecule has 8 heteroatoms. The Bertz CT molecular complexity index is 1540. The number of aryl methyl sites for hydroxylation is 2. The van der Waals surface area contributed by atoms with Gasteiger partial charge in [-0.1, -0.05) is 18.1 Å². The highest BCUT2D eigenvalue weighted by molar-refractivity contribution is 6.04. The number of amides is 2. The van der Waals surface area contributed by atoms with Gasteiger partial charge in [0.2, 0.25) is 0 Å². The zero-order chi connectivity index (χ0) is 25.9. The van der Waals surface area contributed by atoms with Crippen LogP contribution in [0.2, 0.25) is 0 Å². The largest absolute Gasteiger partial charge is 0.322 e. The molecule has 0 aliphatic carbocycles. The van der Waals surface area contributed by atoms with Gasteiger partial charge in [0.15, 0.2) is 0 Å². The number of hydrogen-bond donors (Lipinski definition) is 1. The lowest BCUT2D eigenvalue weighted by Crippen LogP contribution is -2.38. The van der Waals surface area contributed by atoms with Crippen LogP contribution < -0.4 is 5.32 Å². The molecule has 1 N–H and O–H groups in total. The summed E-state index contributed by atoms with van der Waals surface area (Å²) in [6, 6.07) is 10.9. The van der Waals surface area contributed by atoms with Gasteiger partial charge in [-0.05, 0) is 75.8 Å². The van der Waals surface area contributed by atoms with Crippen molar-refractivity contribution in [3.63, 3.8) is 0 Å². The highest BCUT2D eigenvalue weighted by Crippen LogP contribution is 2.35. The second-order valence-electron chi connectivity index (χ2n) is 9.18. The van der Waals surface area contributed by atoms with Gasteiger partial charge in [0.25, 0.3) is 11.8 Å². The average Bonchev–Trinajstić information content (AvgIpc) is 3.30. The third-order valence-corrected chi connectivity index (χ3v) is 6.64. The van der Waals surface area contributed by atoms with Crippen LogP contribution in [0.4, 0.5) is 5.82 Å². The first-order valence-corrected chi connectivity index (χ1v) is 12.4. The van der Waals surface area contributed by atoms with Crippen LogP contribution in [0.5, 0.6) is 0 Å². The SMILES string of the molecule is CC#CC(=O)N1CCCC[C@H]1c1nc(-c2ccc(C(=O)Nc3cc(C)ccn3)cc2)c2c(C)nccn12. The first kappa shape index (κ1) is 24.2. The van der Waals surface area contributed by atoms with Crippen molar-refractivity contribution >= 4 is 23.1 Å². The van der Waals surface area contributed by atoms with Gasteiger partial charge in [0, 0.05) is 36.3 Å². The molecule has 0 saturated carbocycles. The van der Waals surface area contributed by atoms with Crippen LogP contribution >= 0.6 is 0 Å². The second kappa shape index (κ2) is 10.2. The monoisotopic (exact) mass is 492 g/mol. The van der Waals surface area contributed by atoms with E-state index < -0.39 is 0 Å². The molecule has 4 heterocycles. The summed E-state index contributed by atoms with van der Waals surface area (Å²) in [5.41, 5.74) is 4.91. The molecule has 0 unspecified atom stereocenters. The highest BCUT2D eigenvalue weighted by Gasteiger charge is 2.31. The van der Waals surface area contributed by atoms with E-state index >= 15 is 0 Å². The number of nitrogens with zero attached hydrogens (tertiary/aromatic N) is 5. The van der Waals surface area contributed by atoms with Crippen molar-refractivity contribution in [1.82, 2.24) is 24.3 Å². The Morgan fingerprint density at radius 2 is 1.86 bits per heavy atom. The van der Waals surface area contributed by atoms with Gasteiger partial charge in [-0.25, -0.2) is 9.97 Å². The number of nitrogens with one attached hydrogen (secondary N) is 1. The Balaban J connectivity index is 1.50. The van der Waals surface area contributed by atoms with E-state index in [1.165, 1.54) is 0 Å². The summed E-state index contributed by atoms with van der Waals surface area (Å²) in [4.78, 5) is 41.1. The summed E-state index contributed by atoms with van der Waals surface area (Å²) >= 11 is 0. The Labute approximate surface area is 215 Å². The Morgan fingerprint density at radius 1 is 1.05 bits per heavy atom. The van der Waals surface area contributed by atoms with E-state index in [2.05, 4.69) is 27.1 Å². The molecular formula is C29H28N6O2. The molecule has 0 bridgehead atoms. The normalized spacial score (nSPS) is 15.2. The average molecular weight is 493 g/mol. The molecule has 1 atom stereocenters. The topological polar surface area (TPSA) is 92.5 Å². The molecule has 37 heavy (non-hydrogen) atoms. The molecule has 0 radical (unpaired) electrons. The van der Waals surface area contributed by atoms with Gasteiger partial charge in [0.05, 0.1) is 22.9 Å². The quantitative estimate of drug-likeness (QED) is 0.416. The maximum Gasteiger partial charge on any atom is 0.299 e. The van der Waals surface area contributed by atoms with E-state index in [1.807, 2.05) is 53.6 Å². The van der Waals surface area contributed by atoms with Crippen molar-refractivity contribution in [2.45, 2.75) is 46.1 Å². The van der Waals surface area contributed by atoms with E-state index in [0.717, 1.165) is 53.1 Å². The van der Waals surface area contributed by atoms with Crippen LogP contribution in [0.25, 0.3) is 16.8 Å². The molecule has 1 aliphatic heterocycles. The summed E-state index contributed by atoms with van der Waals surface area (Å²) in [5.74, 6) is 6.34. The molecule has 4 aromatic rings. The van der Waals surface area contributed by atoms with Gasteiger partial charge in [-0.2, -0.15) is 0 Å². The van der Waals surface area contributed by atoms with Gasteiger partial charge in [-0.15, -0.1) is 0 Å².